The summed E-state index contributed by atoms with van der Waals surface area (Å²) in [5.74, 6) is -0.449. The molecular weight excluding hydrogens is 262 g/mol. The van der Waals surface area contributed by atoms with Gasteiger partial charge in [0.2, 0.25) is 0 Å². The number of hydrogen-bond acceptors (Lipinski definition) is 4. The van der Waals surface area contributed by atoms with Crippen molar-refractivity contribution in [1.29, 1.82) is 0 Å². The number of esters is 1. The van der Waals surface area contributed by atoms with Crippen LogP contribution >= 0.6 is 11.3 Å². The van der Waals surface area contributed by atoms with E-state index in [0.717, 1.165) is 5.56 Å². The molecule has 5 heteroatoms. The van der Waals surface area contributed by atoms with Gasteiger partial charge in [0.15, 0.2) is 6.61 Å². The maximum atomic E-state index is 11.5. The van der Waals surface area contributed by atoms with E-state index in [1.807, 2.05) is 37.6 Å². The number of carbonyl (C=O) groups is 2. The van der Waals surface area contributed by atoms with Crippen LogP contribution in [0.15, 0.2) is 22.9 Å². The highest BCUT2D eigenvalue weighted by Crippen LogP contribution is 2.07. The number of rotatable bonds is 6. The average Bonchev–Trinajstić information content (AvgIpc) is 2.86. The molecule has 1 heterocycles. The van der Waals surface area contributed by atoms with Crippen molar-refractivity contribution in [2.75, 3.05) is 6.61 Å². The first-order chi connectivity index (χ1) is 8.99. The molecule has 0 aromatic carbocycles. The highest BCUT2D eigenvalue weighted by molar-refractivity contribution is 7.08. The summed E-state index contributed by atoms with van der Waals surface area (Å²) >= 11 is 1.55. The molecule has 0 bridgehead atoms. The average molecular weight is 281 g/mol. The molecule has 1 rings (SSSR count). The van der Waals surface area contributed by atoms with E-state index in [0.29, 0.717) is 5.92 Å². The maximum Gasteiger partial charge on any atom is 0.331 e. The van der Waals surface area contributed by atoms with Gasteiger partial charge in [-0.05, 0) is 41.3 Å². The minimum atomic E-state index is -0.515. The van der Waals surface area contributed by atoms with E-state index < -0.39 is 5.97 Å². The molecule has 1 amide bonds. The van der Waals surface area contributed by atoms with Crippen molar-refractivity contribution in [2.45, 2.75) is 26.8 Å². The van der Waals surface area contributed by atoms with Crippen molar-refractivity contribution in [1.82, 2.24) is 5.32 Å². The van der Waals surface area contributed by atoms with Crippen molar-refractivity contribution in [3.05, 3.63) is 28.5 Å². The van der Waals surface area contributed by atoms with E-state index in [1.165, 1.54) is 6.08 Å². The van der Waals surface area contributed by atoms with Crippen molar-refractivity contribution in [3.63, 3.8) is 0 Å². The van der Waals surface area contributed by atoms with Crippen LogP contribution in [0.2, 0.25) is 0 Å². The molecule has 4 nitrogen and oxygen atoms in total. The number of hydrogen-bond donors (Lipinski definition) is 1. The fraction of sp³-hybridized carbons (Fsp3) is 0.429. The quantitative estimate of drug-likeness (QED) is 0.644. The smallest absolute Gasteiger partial charge is 0.331 e. The van der Waals surface area contributed by atoms with Gasteiger partial charge in [-0.15, -0.1) is 0 Å². The number of amides is 1. The number of nitrogens with one attached hydrogen (secondary N) is 1. The molecule has 0 fully saturated rings. The van der Waals surface area contributed by atoms with Crippen LogP contribution in [0.25, 0.3) is 6.08 Å². The van der Waals surface area contributed by atoms with E-state index in [9.17, 15) is 9.59 Å². The Kier molecular flexibility index (Phi) is 6.29. The van der Waals surface area contributed by atoms with Crippen molar-refractivity contribution < 1.29 is 14.3 Å². The second-order valence-corrected chi connectivity index (χ2v) is 5.38. The van der Waals surface area contributed by atoms with Gasteiger partial charge in [-0.3, -0.25) is 4.79 Å². The Morgan fingerprint density at radius 1 is 1.42 bits per heavy atom. The van der Waals surface area contributed by atoms with Gasteiger partial charge >= 0.3 is 5.97 Å². The molecule has 0 radical (unpaired) electrons. The maximum absolute atomic E-state index is 11.5. The standard InChI is InChI=1S/C14H19NO3S/c1-10(2)11(3)15-13(16)8-18-14(17)5-4-12-6-7-19-9-12/h4-7,9-11H,8H2,1-3H3,(H,15,16)/b5-4+/t11-/m0/s1. The minimum absolute atomic E-state index is 0.0625. The van der Waals surface area contributed by atoms with Gasteiger partial charge in [-0.2, -0.15) is 11.3 Å². The molecule has 0 aliphatic heterocycles. The van der Waals surface area contributed by atoms with Crippen LogP contribution in [0.1, 0.15) is 26.3 Å². The molecule has 1 aromatic heterocycles. The zero-order valence-corrected chi connectivity index (χ0v) is 12.2. The van der Waals surface area contributed by atoms with Crippen LogP contribution < -0.4 is 5.32 Å². The molecule has 104 valence electrons. The van der Waals surface area contributed by atoms with Crippen molar-refractivity contribution in [3.8, 4) is 0 Å². The van der Waals surface area contributed by atoms with Crippen molar-refractivity contribution >= 4 is 29.3 Å². The molecular formula is C14H19NO3S. The molecule has 1 aromatic rings. The summed E-state index contributed by atoms with van der Waals surface area (Å²) in [6.07, 6.45) is 2.98. The third-order valence-electron chi connectivity index (χ3n) is 2.69. The van der Waals surface area contributed by atoms with Crippen LogP contribution in [0.5, 0.6) is 0 Å². The fourth-order valence-corrected chi connectivity index (χ4v) is 1.81. The van der Waals surface area contributed by atoms with Gasteiger partial charge < -0.3 is 10.1 Å². The van der Waals surface area contributed by atoms with E-state index in [1.54, 1.807) is 17.4 Å². The minimum Gasteiger partial charge on any atom is -0.452 e. The fourth-order valence-electron chi connectivity index (χ4n) is 1.18. The summed E-state index contributed by atoms with van der Waals surface area (Å²) in [6, 6.07) is 1.96. The Hall–Kier alpha value is -1.62. The third-order valence-corrected chi connectivity index (χ3v) is 3.39. The number of thiophene rings is 1. The summed E-state index contributed by atoms with van der Waals surface area (Å²) in [6.45, 7) is 5.70. The zero-order valence-electron chi connectivity index (χ0n) is 11.4. The van der Waals surface area contributed by atoms with Crippen LogP contribution in [-0.4, -0.2) is 24.5 Å². The molecule has 0 saturated heterocycles. The summed E-state index contributed by atoms with van der Waals surface area (Å²) in [7, 11) is 0. The molecule has 0 aliphatic rings. The van der Waals surface area contributed by atoms with E-state index in [2.05, 4.69) is 5.32 Å². The summed E-state index contributed by atoms with van der Waals surface area (Å²) in [5.41, 5.74) is 0.944. The van der Waals surface area contributed by atoms with Gasteiger partial charge in [-0.1, -0.05) is 13.8 Å². The zero-order chi connectivity index (χ0) is 14.3. The molecule has 0 unspecified atom stereocenters. The first-order valence-electron chi connectivity index (χ1n) is 6.15. The third kappa shape index (κ3) is 6.20. The van der Waals surface area contributed by atoms with Crippen LogP contribution in [0.4, 0.5) is 0 Å². The molecule has 1 N–H and O–H groups in total. The highest BCUT2D eigenvalue weighted by Gasteiger charge is 2.11. The van der Waals surface area contributed by atoms with E-state index in [4.69, 9.17) is 4.74 Å². The first kappa shape index (κ1) is 15.4. The van der Waals surface area contributed by atoms with Gasteiger partial charge in [0, 0.05) is 12.1 Å². The Balaban J connectivity index is 2.28. The lowest BCUT2D eigenvalue weighted by Crippen LogP contribution is -2.38. The SMILES string of the molecule is CC(C)[C@H](C)NC(=O)COC(=O)/C=C/c1ccsc1. The van der Waals surface area contributed by atoms with Gasteiger partial charge in [0.05, 0.1) is 0 Å². The largest absolute Gasteiger partial charge is 0.452 e. The van der Waals surface area contributed by atoms with Crippen LogP contribution in [-0.2, 0) is 14.3 Å². The Morgan fingerprint density at radius 3 is 2.74 bits per heavy atom. The summed E-state index contributed by atoms with van der Waals surface area (Å²) in [5, 5.41) is 6.61. The van der Waals surface area contributed by atoms with E-state index in [-0.39, 0.29) is 18.6 Å². The first-order valence-corrected chi connectivity index (χ1v) is 7.09. The van der Waals surface area contributed by atoms with Gasteiger partial charge in [0.1, 0.15) is 0 Å². The lowest BCUT2D eigenvalue weighted by atomic mass is 10.1. The van der Waals surface area contributed by atoms with Crippen LogP contribution in [0.3, 0.4) is 0 Å². The summed E-state index contributed by atoms with van der Waals surface area (Å²) in [4.78, 5) is 22.9. The Labute approximate surface area is 117 Å². The van der Waals surface area contributed by atoms with Crippen LogP contribution in [0, 0.1) is 5.92 Å². The second kappa shape index (κ2) is 7.74. The lowest BCUT2D eigenvalue weighted by molar-refractivity contribution is -0.144. The predicted molar refractivity (Wildman–Crippen MR) is 76.8 cm³/mol. The Bertz CT molecular complexity index is 438. The molecule has 19 heavy (non-hydrogen) atoms. The molecule has 1 atom stereocenters. The number of carbonyl (C=O) groups excluding carboxylic acids is 2. The highest BCUT2D eigenvalue weighted by atomic mass is 32.1. The number of ether oxygens (including phenoxy) is 1. The normalized spacial score (nSPS) is 12.6. The van der Waals surface area contributed by atoms with Crippen molar-refractivity contribution in [2.24, 2.45) is 5.92 Å². The molecule has 0 aliphatic carbocycles. The van der Waals surface area contributed by atoms with Gasteiger partial charge in [-0.25, -0.2) is 4.79 Å². The summed E-state index contributed by atoms with van der Waals surface area (Å²) < 4.78 is 4.85. The predicted octanol–water partition coefficient (Wildman–Crippen LogP) is 2.47. The van der Waals surface area contributed by atoms with E-state index >= 15 is 0 Å². The van der Waals surface area contributed by atoms with Gasteiger partial charge in [0.25, 0.3) is 5.91 Å². The second-order valence-electron chi connectivity index (χ2n) is 4.60. The Morgan fingerprint density at radius 2 is 2.16 bits per heavy atom. The monoisotopic (exact) mass is 281 g/mol. The topological polar surface area (TPSA) is 55.4 Å². The molecule has 0 spiro atoms. The molecule has 0 saturated carbocycles. The lowest BCUT2D eigenvalue weighted by Gasteiger charge is -2.16.